The molecule has 3 heterocycles. The van der Waals surface area contributed by atoms with Crippen LogP contribution in [0.1, 0.15) is 11.1 Å². The lowest BCUT2D eigenvalue weighted by Gasteiger charge is -2.14. The molecule has 0 aliphatic carbocycles. The smallest absolute Gasteiger partial charge is 0.0992 e. The van der Waals surface area contributed by atoms with E-state index in [2.05, 4.69) is 159 Å². The van der Waals surface area contributed by atoms with Crippen LogP contribution in [-0.4, -0.2) is 13.7 Å². The fourth-order valence-electron chi connectivity index (χ4n) is 8.69. The van der Waals surface area contributed by atoms with Crippen LogP contribution in [0, 0.1) is 22.7 Å². The quantitative estimate of drug-likeness (QED) is 0.184. The van der Waals surface area contributed by atoms with Crippen molar-refractivity contribution in [2.75, 3.05) is 0 Å². The van der Waals surface area contributed by atoms with E-state index < -0.39 is 0 Å². The molecule has 3 aromatic heterocycles. The highest BCUT2D eigenvalue weighted by atomic mass is 15.0. The maximum atomic E-state index is 10.3. The molecular weight excluding hydrogens is 671 g/mol. The number of hydrogen-bond acceptors (Lipinski definition) is 2. The number of para-hydroxylation sites is 4. The van der Waals surface area contributed by atoms with E-state index in [1.807, 2.05) is 42.5 Å². The Hall–Kier alpha value is -7.86. The van der Waals surface area contributed by atoms with Gasteiger partial charge in [0.05, 0.1) is 56.4 Å². The first-order valence-corrected chi connectivity index (χ1v) is 18.3. The Kier molecular flexibility index (Phi) is 6.61. The van der Waals surface area contributed by atoms with Gasteiger partial charge >= 0.3 is 0 Å². The van der Waals surface area contributed by atoms with Gasteiger partial charge in [-0.1, -0.05) is 91.0 Å². The summed E-state index contributed by atoms with van der Waals surface area (Å²) < 4.78 is 6.93. The molecule has 0 N–H and O–H groups in total. The number of hydrogen-bond donors (Lipinski definition) is 0. The van der Waals surface area contributed by atoms with Gasteiger partial charge in [0.15, 0.2) is 0 Å². The van der Waals surface area contributed by atoms with Crippen molar-refractivity contribution < 1.29 is 0 Å². The second-order valence-corrected chi connectivity index (χ2v) is 14.1. The van der Waals surface area contributed by atoms with Gasteiger partial charge in [-0.15, -0.1) is 0 Å². The van der Waals surface area contributed by atoms with E-state index in [1.54, 1.807) is 0 Å². The van der Waals surface area contributed by atoms with Crippen molar-refractivity contribution in [1.29, 1.82) is 10.5 Å². The Morgan fingerprint density at radius 2 is 0.782 bits per heavy atom. The summed E-state index contributed by atoms with van der Waals surface area (Å²) in [6.07, 6.45) is 0. The fraction of sp³-hybridized carbons (Fsp3) is 0. The van der Waals surface area contributed by atoms with Crippen LogP contribution in [0.4, 0.5) is 0 Å². The van der Waals surface area contributed by atoms with Crippen molar-refractivity contribution in [2.45, 2.75) is 0 Å². The lowest BCUT2D eigenvalue weighted by atomic mass is 10.0. The van der Waals surface area contributed by atoms with Crippen LogP contribution in [0.2, 0.25) is 0 Å². The van der Waals surface area contributed by atoms with Gasteiger partial charge in [0.2, 0.25) is 0 Å². The Morgan fingerprint density at radius 1 is 0.291 bits per heavy atom. The van der Waals surface area contributed by atoms with Crippen LogP contribution in [-0.2, 0) is 0 Å². The number of nitriles is 2. The summed E-state index contributed by atoms with van der Waals surface area (Å²) in [5.41, 5.74) is 12.8. The van der Waals surface area contributed by atoms with Gasteiger partial charge in [-0.2, -0.15) is 10.5 Å². The van der Waals surface area contributed by atoms with Gasteiger partial charge in [-0.05, 0) is 96.1 Å². The van der Waals surface area contributed by atoms with Crippen molar-refractivity contribution >= 4 is 65.4 Å². The molecule has 0 bridgehead atoms. The van der Waals surface area contributed by atoms with Gasteiger partial charge in [0.1, 0.15) is 0 Å². The van der Waals surface area contributed by atoms with Crippen LogP contribution < -0.4 is 0 Å². The normalized spacial score (nSPS) is 11.6. The second-order valence-electron chi connectivity index (χ2n) is 14.1. The van der Waals surface area contributed by atoms with E-state index in [-0.39, 0.29) is 0 Å². The van der Waals surface area contributed by atoms with Crippen molar-refractivity contribution in [3.63, 3.8) is 0 Å². The fourth-order valence-corrected chi connectivity index (χ4v) is 8.69. The maximum Gasteiger partial charge on any atom is 0.0992 e. The Balaban J connectivity index is 1.12. The summed E-state index contributed by atoms with van der Waals surface area (Å²) in [5, 5.41) is 26.9. The van der Waals surface area contributed by atoms with Crippen LogP contribution in [0.5, 0.6) is 0 Å². The van der Waals surface area contributed by atoms with Crippen molar-refractivity contribution in [3.8, 4) is 40.3 Å². The molecule has 5 nitrogen and oxygen atoms in total. The van der Waals surface area contributed by atoms with Crippen molar-refractivity contribution in [3.05, 3.63) is 187 Å². The standard InChI is InChI=1S/C50H29N5/c51-30-32-20-23-49-44(26-32)42-15-4-8-19-48(42)55(49)38-25-33(31-52)24-35(28-38)34-10-9-11-36(27-34)54-47-18-7-3-14-41(47)43-22-21-37(29-50(43)54)53-45-16-5-1-12-39(45)40-13-2-6-17-46(40)53/h1-29H. The third-order valence-electron chi connectivity index (χ3n) is 11.0. The highest BCUT2D eigenvalue weighted by Gasteiger charge is 2.18. The van der Waals surface area contributed by atoms with E-state index in [9.17, 15) is 10.5 Å². The van der Waals surface area contributed by atoms with Crippen molar-refractivity contribution in [1.82, 2.24) is 13.7 Å². The monoisotopic (exact) mass is 699 g/mol. The first-order valence-electron chi connectivity index (χ1n) is 18.3. The lowest BCUT2D eigenvalue weighted by molar-refractivity contribution is 1.15. The van der Waals surface area contributed by atoms with Gasteiger partial charge < -0.3 is 13.7 Å². The number of aromatic nitrogens is 3. The molecule has 11 aromatic rings. The molecule has 0 radical (unpaired) electrons. The number of nitrogens with zero attached hydrogens (tertiary/aromatic N) is 5. The van der Waals surface area contributed by atoms with Gasteiger partial charge in [-0.25, -0.2) is 0 Å². The van der Waals surface area contributed by atoms with Gasteiger partial charge in [0, 0.05) is 49.4 Å². The predicted molar refractivity (Wildman–Crippen MR) is 224 cm³/mol. The van der Waals surface area contributed by atoms with E-state index in [0.717, 1.165) is 61.0 Å². The average Bonchev–Trinajstić information content (AvgIpc) is 3.88. The minimum absolute atomic E-state index is 0.574. The Morgan fingerprint density at radius 3 is 1.40 bits per heavy atom. The molecule has 0 saturated heterocycles. The molecular formula is C50H29N5. The molecule has 0 amide bonds. The van der Waals surface area contributed by atoms with Crippen LogP contribution >= 0.6 is 0 Å². The van der Waals surface area contributed by atoms with E-state index >= 15 is 0 Å². The highest BCUT2D eigenvalue weighted by Crippen LogP contribution is 2.39. The Labute approximate surface area is 316 Å². The molecule has 8 aromatic carbocycles. The first kappa shape index (κ1) is 30.7. The molecule has 254 valence electrons. The molecule has 0 aliphatic rings. The number of fused-ring (bicyclic) bond motifs is 9. The van der Waals surface area contributed by atoms with E-state index in [1.165, 1.54) is 32.6 Å². The molecule has 0 unspecified atom stereocenters. The molecule has 0 saturated carbocycles. The molecule has 0 atom stereocenters. The van der Waals surface area contributed by atoms with Crippen molar-refractivity contribution in [2.24, 2.45) is 0 Å². The zero-order valence-corrected chi connectivity index (χ0v) is 29.5. The number of rotatable bonds is 4. The summed E-state index contributed by atoms with van der Waals surface area (Å²) in [6, 6.07) is 66.1. The zero-order valence-electron chi connectivity index (χ0n) is 29.5. The van der Waals surface area contributed by atoms with Crippen LogP contribution in [0.3, 0.4) is 0 Å². The summed E-state index contributed by atoms with van der Waals surface area (Å²) in [6.45, 7) is 0. The van der Waals surface area contributed by atoms with E-state index in [4.69, 9.17) is 0 Å². The lowest BCUT2D eigenvalue weighted by Crippen LogP contribution is -1.98. The summed E-state index contributed by atoms with van der Waals surface area (Å²) in [5.74, 6) is 0. The van der Waals surface area contributed by atoms with Gasteiger partial charge in [-0.3, -0.25) is 0 Å². The molecule has 5 heteroatoms. The molecule has 11 rings (SSSR count). The summed E-state index contributed by atoms with van der Waals surface area (Å²) in [4.78, 5) is 0. The minimum Gasteiger partial charge on any atom is -0.309 e. The zero-order chi connectivity index (χ0) is 36.6. The summed E-state index contributed by atoms with van der Waals surface area (Å²) in [7, 11) is 0. The maximum absolute atomic E-state index is 10.3. The Bertz CT molecular complexity index is 3420. The van der Waals surface area contributed by atoms with Gasteiger partial charge in [0.25, 0.3) is 0 Å². The highest BCUT2D eigenvalue weighted by molar-refractivity contribution is 6.12. The predicted octanol–water partition coefficient (Wildman–Crippen LogP) is 12.4. The molecule has 0 aliphatic heterocycles. The molecule has 55 heavy (non-hydrogen) atoms. The van der Waals surface area contributed by atoms with Crippen LogP contribution in [0.15, 0.2) is 176 Å². The SMILES string of the molecule is N#Cc1cc(-c2cccc(-n3c4ccccc4c4ccc(-n5c6ccccc6c6ccccc65)cc43)c2)cc(-n2c3ccccc3c3cc(C#N)ccc32)c1. The number of benzene rings is 8. The largest absolute Gasteiger partial charge is 0.309 e. The summed E-state index contributed by atoms with van der Waals surface area (Å²) >= 11 is 0. The molecule has 0 spiro atoms. The van der Waals surface area contributed by atoms with E-state index in [0.29, 0.717) is 11.1 Å². The third kappa shape index (κ3) is 4.58. The molecule has 0 fully saturated rings. The van der Waals surface area contributed by atoms with Crippen LogP contribution in [0.25, 0.3) is 93.6 Å². The average molecular weight is 700 g/mol. The third-order valence-corrected chi connectivity index (χ3v) is 11.0. The minimum atomic E-state index is 0.574. The second kappa shape index (κ2) is 11.8. The first-order chi connectivity index (χ1) is 27.2. The topological polar surface area (TPSA) is 62.4 Å².